The second-order valence-electron chi connectivity index (χ2n) is 5.08. The zero-order valence-corrected chi connectivity index (χ0v) is 10.9. The zero-order valence-electron chi connectivity index (χ0n) is 10.9. The molecule has 0 spiro atoms. The van der Waals surface area contributed by atoms with E-state index in [0.717, 1.165) is 36.3 Å². The molecular formula is C13H22N2O2. The van der Waals surface area contributed by atoms with Gasteiger partial charge in [0.15, 0.2) is 0 Å². The molecule has 1 aliphatic rings. The molecule has 0 aliphatic heterocycles. The molecule has 3 atom stereocenters. The summed E-state index contributed by atoms with van der Waals surface area (Å²) in [5.41, 5.74) is 2.07. The first-order chi connectivity index (χ1) is 8.09. The van der Waals surface area contributed by atoms with Crippen molar-refractivity contribution >= 4 is 0 Å². The van der Waals surface area contributed by atoms with Crippen LogP contribution in [0.5, 0.6) is 0 Å². The van der Waals surface area contributed by atoms with E-state index < -0.39 is 0 Å². The van der Waals surface area contributed by atoms with Gasteiger partial charge in [0.1, 0.15) is 5.76 Å². The first-order valence-corrected chi connectivity index (χ1v) is 6.46. The smallest absolute Gasteiger partial charge is 0.138 e. The predicted molar refractivity (Wildman–Crippen MR) is 65.8 cm³/mol. The number of hydrogen-bond acceptors (Lipinski definition) is 4. The van der Waals surface area contributed by atoms with Gasteiger partial charge in [0.05, 0.1) is 11.8 Å². The fourth-order valence-electron chi connectivity index (χ4n) is 2.82. The molecule has 0 amide bonds. The van der Waals surface area contributed by atoms with E-state index in [1.807, 2.05) is 13.8 Å². The number of rotatable bonds is 3. The normalized spacial score (nSPS) is 27.1. The lowest BCUT2D eigenvalue weighted by Gasteiger charge is -2.31. The standard InChI is InChI=1S/C13H22N2O2/c1-8(13-9(2)15-17-10(13)3)14-11-6-4-5-7-12(11)16/h8,11-12,14,16H,4-7H2,1-3H3. The lowest BCUT2D eigenvalue weighted by atomic mass is 9.91. The molecule has 1 heterocycles. The summed E-state index contributed by atoms with van der Waals surface area (Å²) in [5.74, 6) is 0.868. The minimum Gasteiger partial charge on any atom is -0.392 e. The number of aromatic nitrogens is 1. The molecule has 0 saturated heterocycles. The third-order valence-electron chi connectivity index (χ3n) is 3.72. The Morgan fingerprint density at radius 3 is 2.65 bits per heavy atom. The maximum absolute atomic E-state index is 9.95. The third-order valence-corrected chi connectivity index (χ3v) is 3.72. The molecule has 1 aromatic rings. The van der Waals surface area contributed by atoms with Crippen molar-refractivity contribution in [3.63, 3.8) is 0 Å². The molecule has 1 aromatic heterocycles. The minimum atomic E-state index is -0.216. The summed E-state index contributed by atoms with van der Waals surface area (Å²) in [6.07, 6.45) is 4.08. The molecule has 2 rings (SSSR count). The molecule has 1 aliphatic carbocycles. The van der Waals surface area contributed by atoms with Crippen molar-refractivity contribution < 1.29 is 9.63 Å². The molecule has 1 saturated carbocycles. The van der Waals surface area contributed by atoms with Crippen LogP contribution in [0.3, 0.4) is 0 Å². The van der Waals surface area contributed by atoms with Crippen molar-refractivity contribution in [2.24, 2.45) is 0 Å². The Kier molecular flexibility index (Phi) is 3.84. The van der Waals surface area contributed by atoms with Crippen molar-refractivity contribution in [2.45, 2.75) is 64.6 Å². The fraction of sp³-hybridized carbons (Fsp3) is 0.769. The Morgan fingerprint density at radius 2 is 2.06 bits per heavy atom. The molecule has 3 unspecified atom stereocenters. The van der Waals surface area contributed by atoms with Crippen molar-refractivity contribution in [2.75, 3.05) is 0 Å². The molecular weight excluding hydrogens is 216 g/mol. The first-order valence-electron chi connectivity index (χ1n) is 6.46. The topological polar surface area (TPSA) is 58.3 Å². The van der Waals surface area contributed by atoms with Crippen LogP contribution in [0.15, 0.2) is 4.52 Å². The van der Waals surface area contributed by atoms with Gasteiger partial charge in [-0.15, -0.1) is 0 Å². The van der Waals surface area contributed by atoms with Crippen LogP contribution >= 0.6 is 0 Å². The van der Waals surface area contributed by atoms with Gasteiger partial charge in [-0.05, 0) is 33.6 Å². The predicted octanol–water partition coefficient (Wildman–Crippen LogP) is 2.25. The Hall–Kier alpha value is -0.870. The number of nitrogens with one attached hydrogen (secondary N) is 1. The van der Waals surface area contributed by atoms with Gasteiger partial charge < -0.3 is 14.9 Å². The zero-order chi connectivity index (χ0) is 12.4. The van der Waals surface area contributed by atoms with Gasteiger partial charge in [-0.25, -0.2) is 0 Å². The van der Waals surface area contributed by atoms with Crippen molar-refractivity contribution in [3.05, 3.63) is 17.0 Å². The van der Waals surface area contributed by atoms with E-state index >= 15 is 0 Å². The molecule has 0 radical (unpaired) electrons. The number of aryl methyl sites for hydroxylation is 2. The highest BCUT2D eigenvalue weighted by Gasteiger charge is 2.26. The SMILES string of the molecule is Cc1noc(C)c1C(C)NC1CCCCC1O. The summed E-state index contributed by atoms with van der Waals surface area (Å²) < 4.78 is 5.18. The lowest BCUT2D eigenvalue weighted by molar-refractivity contribution is 0.0858. The summed E-state index contributed by atoms with van der Waals surface area (Å²) in [5, 5.41) is 17.4. The van der Waals surface area contributed by atoms with Crippen molar-refractivity contribution in [1.29, 1.82) is 0 Å². The number of nitrogens with zero attached hydrogens (tertiary/aromatic N) is 1. The van der Waals surface area contributed by atoms with Gasteiger partial charge in [-0.3, -0.25) is 0 Å². The highest BCUT2D eigenvalue weighted by molar-refractivity contribution is 5.24. The second kappa shape index (κ2) is 5.19. The van der Waals surface area contributed by atoms with Gasteiger partial charge in [0.25, 0.3) is 0 Å². The average molecular weight is 238 g/mol. The number of aliphatic hydroxyl groups is 1. The molecule has 4 nitrogen and oxygen atoms in total. The van der Waals surface area contributed by atoms with Gasteiger partial charge in [0, 0.05) is 17.6 Å². The lowest BCUT2D eigenvalue weighted by Crippen LogP contribution is -2.43. The second-order valence-corrected chi connectivity index (χ2v) is 5.08. The van der Waals surface area contributed by atoms with Gasteiger partial charge in [-0.2, -0.15) is 0 Å². The Morgan fingerprint density at radius 1 is 1.35 bits per heavy atom. The van der Waals surface area contributed by atoms with Crippen molar-refractivity contribution in [1.82, 2.24) is 10.5 Å². The van der Waals surface area contributed by atoms with E-state index in [1.165, 1.54) is 6.42 Å². The van der Waals surface area contributed by atoms with Gasteiger partial charge in [0.2, 0.25) is 0 Å². The largest absolute Gasteiger partial charge is 0.392 e. The Balaban J connectivity index is 2.03. The monoisotopic (exact) mass is 238 g/mol. The number of aliphatic hydroxyl groups excluding tert-OH is 1. The van der Waals surface area contributed by atoms with Crippen LogP contribution in [-0.4, -0.2) is 22.4 Å². The molecule has 0 aromatic carbocycles. The van der Waals surface area contributed by atoms with E-state index in [0.29, 0.717) is 0 Å². The maximum Gasteiger partial charge on any atom is 0.138 e. The first kappa shape index (κ1) is 12.6. The van der Waals surface area contributed by atoms with E-state index in [4.69, 9.17) is 4.52 Å². The highest BCUT2D eigenvalue weighted by atomic mass is 16.5. The van der Waals surface area contributed by atoms with E-state index in [-0.39, 0.29) is 18.2 Å². The van der Waals surface area contributed by atoms with Gasteiger partial charge >= 0.3 is 0 Å². The van der Waals surface area contributed by atoms with Crippen molar-refractivity contribution in [3.8, 4) is 0 Å². The Bertz CT molecular complexity index is 356. The van der Waals surface area contributed by atoms with Crippen LogP contribution in [-0.2, 0) is 0 Å². The summed E-state index contributed by atoms with van der Waals surface area (Å²) in [4.78, 5) is 0. The van der Waals surface area contributed by atoms with E-state index in [1.54, 1.807) is 0 Å². The van der Waals surface area contributed by atoms with Gasteiger partial charge in [-0.1, -0.05) is 18.0 Å². The average Bonchev–Trinajstić information content (AvgIpc) is 2.62. The minimum absolute atomic E-state index is 0.180. The summed E-state index contributed by atoms with van der Waals surface area (Å²) in [7, 11) is 0. The third kappa shape index (κ3) is 2.69. The molecule has 2 N–H and O–H groups in total. The van der Waals surface area contributed by atoms with Crippen LogP contribution < -0.4 is 5.32 Å². The van der Waals surface area contributed by atoms with Crippen LogP contribution in [0, 0.1) is 13.8 Å². The quantitative estimate of drug-likeness (QED) is 0.848. The maximum atomic E-state index is 9.95. The summed E-state index contributed by atoms with van der Waals surface area (Å²) in [6.45, 7) is 6.00. The van der Waals surface area contributed by atoms with Crippen LogP contribution in [0.1, 0.15) is 55.7 Å². The van der Waals surface area contributed by atoms with Crippen LogP contribution in [0.4, 0.5) is 0 Å². The molecule has 96 valence electrons. The fourth-order valence-corrected chi connectivity index (χ4v) is 2.82. The summed E-state index contributed by atoms with van der Waals surface area (Å²) in [6, 6.07) is 0.381. The van der Waals surface area contributed by atoms with E-state index in [2.05, 4.69) is 17.4 Å². The van der Waals surface area contributed by atoms with Crippen LogP contribution in [0.25, 0.3) is 0 Å². The van der Waals surface area contributed by atoms with Crippen LogP contribution in [0.2, 0.25) is 0 Å². The number of hydrogen-bond donors (Lipinski definition) is 2. The molecule has 0 bridgehead atoms. The highest BCUT2D eigenvalue weighted by Crippen LogP contribution is 2.25. The Labute approximate surface area is 102 Å². The van der Waals surface area contributed by atoms with E-state index in [9.17, 15) is 5.11 Å². The molecule has 4 heteroatoms. The summed E-state index contributed by atoms with van der Waals surface area (Å²) >= 11 is 0. The molecule has 1 fully saturated rings. The molecule has 17 heavy (non-hydrogen) atoms.